The molecule has 0 spiro atoms. The van der Waals surface area contributed by atoms with Crippen LogP contribution in [0, 0.1) is 6.92 Å². The Balaban J connectivity index is 1.32. The van der Waals surface area contributed by atoms with Gasteiger partial charge in [-0.05, 0) is 76.0 Å². The quantitative estimate of drug-likeness (QED) is 0.167. The number of aromatic nitrogens is 2. The Kier molecular flexibility index (Phi) is 9.09. The summed E-state index contributed by atoms with van der Waals surface area (Å²) >= 11 is 2.27. The number of carbonyl (C=O) groups is 3. The summed E-state index contributed by atoms with van der Waals surface area (Å²) in [7, 11) is 5.83. The van der Waals surface area contributed by atoms with E-state index in [1.807, 2.05) is 35.1 Å². The van der Waals surface area contributed by atoms with Crippen LogP contribution in [0.1, 0.15) is 51.4 Å². The number of carboxylic acid groups (broad SMARTS) is 1. The van der Waals surface area contributed by atoms with Gasteiger partial charge in [0.2, 0.25) is 5.13 Å². The number of carbonyl (C=O) groups excluding carboxylic acids is 2. The molecule has 0 saturated carbocycles. The highest BCUT2D eigenvalue weighted by Crippen LogP contribution is 2.44. The minimum atomic E-state index is -2.23. The van der Waals surface area contributed by atoms with Gasteiger partial charge in [-0.15, -0.1) is 21.5 Å². The predicted octanol–water partition coefficient (Wildman–Crippen LogP) is 5.33. The number of anilines is 2. The van der Waals surface area contributed by atoms with Crippen LogP contribution >= 0.6 is 22.7 Å². The maximum atomic E-state index is 13.5. The number of carboxylic acids is 1. The van der Waals surface area contributed by atoms with Gasteiger partial charge >= 0.3 is 5.97 Å². The largest absolute Gasteiger partial charge is 0.477 e. The SMILES string of the molecule is Cc1nnc(NC(=O)c2ccc(CNC(=O)c3cc(C4=C5C=CC(=[N+](C)C)C=C5[Si](C)(C)c5cc(N(C)C)ccc54)c(C(=O)O)s3)cc2)s1. The third kappa shape index (κ3) is 6.56. The van der Waals surface area contributed by atoms with Crippen molar-refractivity contribution in [1.82, 2.24) is 15.5 Å². The molecule has 10 nitrogen and oxygen atoms in total. The van der Waals surface area contributed by atoms with Crippen LogP contribution in [0.25, 0.3) is 5.57 Å². The number of benzene rings is 2. The van der Waals surface area contributed by atoms with E-state index in [0.717, 1.165) is 50.0 Å². The monoisotopic (exact) mass is 709 g/mol. The van der Waals surface area contributed by atoms with Gasteiger partial charge in [0.25, 0.3) is 11.8 Å². The van der Waals surface area contributed by atoms with E-state index in [9.17, 15) is 19.5 Å². The van der Waals surface area contributed by atoms with E-state index < -0.39 is 14.0 Å². The molecule has 0 fully saturated rings. The molecule has 250 valence electrons. The van der Waals surface area contributed by atoms with Crippen LogP contribution in [0.3, 0.4) is 0 Å². The van der Waals surface area contributed by atoms with Crippen LogP contribution < -0.4 is 20.7 Å². The number of nitrogens with zero attached hydrogens (tertiary/aromatic N) is 4. The Morgan fingerprint density at radius 2 is 1.67 bits per heavy atom. The van der Waals surface area contributed by atoms with Crippen LogP contribution in [0.4, 0.5) is 10.8 Å². The number of thiophene rings is 1. The lowest BCUT2D eigenvalue weighted by atomic mass is 9.89. The van der Waals surface area contributed by atoms with Crippen LogP contribution in [0.15, 0.2) is 77.5 Å². The van der Waals surface area contributed by atoms with Gasteiger partial charge in [0.1, 0.15) is 32.1 Å². The molecule has 6 rings (SSSR count). The summed E-state index contributed by atoms with van der Waals surface area (Å²) < 4.78 is 2.08. The van der Waals surface area contributed by atoms with Crippen molar-refractivity contribution in [2.45, 2.75) is 26.6 Å². The van der Waals surface area contributed by atoms with Gasteiger partial charge in [-0.1, -0.05) is 42.6 Å². The van der Waals surface area contributed by atoms with E-state index in [4.69, 9.17) is 0 Å². The van der Waals surface area contributed by atoms with Crippen molar-refractivity contribution >= 4 is 75.8 Å². The van der Waals surface area contributed by atoms with Crippen molar-refractivity contribution in [2.24, 2.45) is 0 Å². The summed E-state index contributed by atoms with van der Waals surface area (Å²) in [5.74, 6) is -1.75. The second-order valence-corrected chi connectivity index (χ2v) is 19.4. The molecule has 2 aliphatic rings. The summed E-state index contributed by atoms with van der Waals surface area (Å²) in [4.78, 5) is 41.4. The van der Waals surface area contributed by atoms with Crippen LogP contribution in [0.2, 0.25) is 13.1 Å². The number of aryl methyl sites for hydroxylation is 1. The molecule has 2 amide bonds. The van der Waals surface area contributed by atoms with Crippen molar-refractivity contribution in [3.63, 3.8) is 0 Å². The molecule has 1 aliphatic carbocycles. The average Bonchev–Trinajstić information content (AvgIpc) is 3.70. The van der Waals surface area contributed by atoms with E-state index >= 15 is 0 Å². The number of nitrogens with one attached hydrogen (secondary N) is 2. The molecule has 0 atom stereocenters. The molecule has 3 heterocycles. The minimum absolute atomic E-state index is 0.118. The molecule has 0 bridgehead atoms. The fraction of sp³-hybridized carbons (Fsp3) is 0.222. The Bertz CT molecular complexity index is 2150. The molecule has 4 aromatic rings. The first kappa shape index (κ1) is 33.9. The van der Waals surface area contributed by atoms with Crippen molar-refractivity contribution in [3.05, 3.63) is 115 Å². The number of amides is 2. The first-order valence-electron chi connectivity index (χ1n) is 15.6. The van der Waals surface area contributed by atoms with Crippen LogP contribution in [0.5, 0.6) is 0 Å². The van der Waals surface area contributed by atoms with Gasteiger partial charge in [-0.25, -0.2) is 9.37 Å². The summed E-state index contributed by atoms with van der Waals surface area (Å²) in [5.41, 5.74) is 6.77. The molecule has 13 heteroatoms. The number of aromatic carboxylic acids is 1. The highest BCUT2D eigenvalue weighted by molar-refractivity contribution is 7.16. The van der Waals surface area contributed by atoms with Crippen LogP contribution in [-0.2, 0) is 6.54 Å². The van der Waals surface area contributed by atoms with Gasteiger partial charge < -0.3 is 15.3 Å². The molecule has 1 aliphatic heterocycles. The van der Waals surface area contributed by atoms with Crippen molar-refractivity contribution in [3.8, 4) is 0 Å². The van der Waals surface area contributed by atoms with E-state index in [-0.39, 0.29) is 23.2 Å². The zero-order valence-corrected chi connectivity index (χ0v) is 31.0. The zero-order chi connectivity index (χ0) is 35.2. The molecule has 49 heavy (non-hydrogen) atoms. The first-order chi connectivity index (χ1) is 23.2. The third-order valence-electron chi connectivity index (χ3n) is 8.76. The molecule has 0 radical (unpaired) electrons. The van der Waals surface area contributed by atoms with Crippen molar-refractivity contribution in [2.75, 3.05) is 38.4 Å². The zero-order valence-electron chi connectivity index (χ0n) is 28.3. The lowest BCUT2D eigenvalue weighted by Gasteiger charge is -2.38. The summed E-state index contributed by atoms with van der Waals surface area (Å²) in [6.45, 7) is 6.69. The number of hydrogen-bond donors (Lipinski definition) is 3. The van der Waals surface area contributed by atoms with E-state index in [1.54, 1.807) is 30.3 Å². The molecule has 2 aromatic carbocycles. The Hall–Kier alpha value is -4.98. The molecule has 2 aromatic heterocycles. The highest BCUT2D eigenvalue weighted by atomic mass is 32.1. The predicted molar refractivity (Wildman–Crippen MR) is 200 cm³/mol. The van der Waals surface area contributed by atoms with Gasteiger partial charge in [-0.2, -0.15) is 0 Å². The number of allylic oxidation sites excluding steroid dienone is 5. The van der Waals surface area contributed by atoms with Crippen LogP contribution in [-0.4, -0.2) is 79.6 Å². The number of fused-ring (bicyclic) bond motifs is 2. The van der Waals surface area contributed by atoms with Gasteiger partial charge in [0.15, 0.2) is 5.71 Å². The average molecular weight is 710 g/mol. The fourth-order valence-electron chi connectivity index (χ4n) is 6.08. The smallest absolute Gasteiger partial charge is 0.346 e. The second-order valence-electron chi connectivity index (χ2n) is 12.9. The lowest BCUT2D eigenvalue weighted by molar-refractivity contribution is -0.462. The van der Waals surface area contributed by atoms with E-state index in [0.29, 0.717) is 21.1 Å². The molecular weight excluding hydrogens is 673 g/mol. The summed E-state index contributed by atoms with van der Waals surface area (Å²) in [6.07, 6.45) is 6.40. The summed E-state index contributed by atoms with van der Waals surface area (Å²) in [5, 5.41) is 27.5. The van der Waals surface area contributed by atoms with Gasteiger partial charge in [0.05, 0.1) is 4.88 Å². The lowest BCUT2D eigenvalue weighted by Crippen LogP contribution is -2.49. The van der Waals surface area contributed by atoms with E-state index in [2.05, 4.69) is 79.8 Å². The third-order valence-corrected chi connectivity index (χ3v) is 14.2. The standard InChI is InChI=1S/C36H36N6O4S2Si/c1-20-39-40-36(47-20)38-33(43)22-10-8-21(9-11-22)19-37-34(44)28-18-27(32(48-28)35(45)46)31-25-14-12-23(41(2)3)16-29(25)49(6,7)30-17-24(42(4)5)13-15-26(30)31/h8-18H,19H2,1-7H3,(H2-,37,38,40,43,44,45,46)/p+1. The normalized spacial score (nSPS) is 14.5. The van der Waals surface area contributed by atoms with Crippen molar-refractivity contribution in [1.29, 1.82) is 0 Å². The Morgan fingerprint density at radius 1 is 0.939 bits per heavy atom. The second kappa shape index (κ2) is 13.1. The van der Waals surface area contributed by atoms with Crippen molar-refractivity contribution < 1.29 is 24.1 Å². The maximum Gasteiger partial charge on any atom is 0.346 e. The minimum Gasteiger partial charge on any atom is -0.477 e. The number of hydrogen-bond acceptors (Lipinski definition) is 8. The van der Waals surface area contributed by atoms with Gasteiger partial charge in [-0.3, -0.25) is 14.9 Å². The fourth-order valence-corrected chi connectivity index (χ4v) is 10.7. The molecular formula is C36H37N6O4S2Si+. The summed E-state index contributed by atoms with van der Waals surface area (Å²) in [6, 6.07) is 15.0. The van der Waals surface area contributed by atoms with Gasteiger partial charge in [0, 0.05) is 49.6 Å². The Morgan fingerprint density at radius 3 is 2.31 bits per heavy atom. The maximum absolute atomic E-state index is 13.5. The molecule has 0 saturated heterocycles. The first-order valence-corrected chi connectivity index (χ1v) is 20.3. The highest BCUT2D eigenvalue weighted by Gasteiger charge is 2.41. The van der Waals surface area contributed by atoms with E-state index in [1.165, 1.54) is 21.7 Å². The molecule has 3 N–H and O–H groups in total. The topological polar surface area (TPSA) is 128 Å². The Labute approximate surface area is 293 Å². The number of rotatable bonds is 8. The molecule has 0 unspecified atom stereocenters.